The largest absolute Gasteiger partial charge is 0.480 e. The normalized spacial score (nSPS) is 12.7. The minimum atomic E-state index is -1.000. The van der Waals surface area contributed by atoms with Gasteiger partial charge in [0, 0.05) is 37.4 Å². The quantitative estimate of drug-likeness (QED) is 0.100. The first kappa shape index (κ1) is 30.5. The van der Waals surface area contributed by atoms with Gasteiger partial charge in [0.25, 0.3) is 0 Å². The predicted octanol–water partition coefficient (Wildman–Crippen LogP) is 1.33. The van der Waals surface area contributed by atoms with E-state index in [2.05, 4.69) is 10.6 Å². The van der Waals surface area contributed by atoms with Gasteiger partial charge in [-0.1, -0.05) is 21.6 Å². The molecule has 0 heterocycles. The molecule has 0 aliphatic rings. The van der Waals surface area contributed by atoms with Gasteiger partial charge in [-0.05, 0) is 51.4 Å². The summed E-state index contributed by atoms with van der Waals surface area (Å²) in [5, 5.41) is 23.0. The Morgan fingerprint density at radius 3 is 1.38 bits per heavy atom. The van der Waals surface area contributed by atoms with E-state index in [-0.39, 0.29) is 11.8 Å². The van der Waals surface area contributed by atoms with Crippen LogP contribution >= 0.6 is 21.6 Å². The highest BCUT2D eigenvalue weighted by atomic mass is 33.1. The summed E-state index contributed by atoms with van der Waals surface area (Å²) < 4.78 is 0. The van der Waals surface area contributed by atoms with Crippen molar-refractivity contribution in [3.05, 3.63) is 0 Å². The van der Waals surface area contributed by atoms with Crippen LogP contribution < -0.4 is 22.1 Å². The SMILES string of the molecule is N[C@@H](CCCCNC(=O)CCCSSCCCC(=O)NCCCC[C@H](N)C(=O)O)C(=O)O. The third kappa shape index (κ3) is 19.2. The summed E-state index contributed by atoms with van der Waals surface area (Å²) in [7, 11) is 3.38. The van der Waals surface area contributed by atoms with Crippen molar-refractivity contribution in [3.8, 4) is 0 Å². The molecule has 12 heteroatoms. The van der Waals surface area contributed by atoms with Crippen molar-refractivity contribution in [1.29, 1.82) is 0 Å². The lowest BCUT2D eigenvalue weighted by Gasteiger charge is -2.08. The van der Waals surface area contributed by atoms with Crippen LogP contribution in [-0.2, 0) is 19.2 Å². The first-order valence-electron chi connectivity index (χ1n) is 11.0. The van der Waals surface area contributed by atoms with Crippen molar-refractivity contribution in [2.75, 3.05) is 24.6 Å². The van der Waals surface area contributed by atoms with Crippen molar-refractivity contribution >= 4 is 45.3 Å². The van der Waals surface area contributed by atoms with Gasteiger partial charge in [-0.2, -0.15) is 0 Å². The van der Waals surface area contributed by atoms with Crippen molar-refractivity contribution < 1.29 is 29.4 Å². The molecule has 0 saturated carbocycles. The molecule has 0 aromatic heterocycles. The standard InChI is InChI=1S/C20H38N4O6S2/c21-15(19(27)28)7-1-3-11-23-17(25)9-5-13-31-32-14-6-10-18(26)24-12-4-2-8-16(22)20(29)30/h15-16H,1-14,21-22H2,(H,23,25)(H,24,26)(H,27,28)(H,29,30)/t15-,16-/m0/s1. The van der Waals surface area contributed by atoms with Crippen LogP contribution in [-0.4, -0.2) is 70.6 Å². The van der Waals surface area contributed by atoms with Gasteiger partial charge in [-0.15, -0.1) is 0 Å². The second-order valence-corrected chi connectivity index (χ2v) is 10.1. The van der Waals surface area contributed by atoms with E-state index in [1.807, 2.05) is 0 Å². The lowest BCUT2D eigenvalue weighted by atomic mass is 10.1. The van der Waals surface area contributed by atoms with E-state index in [0.717, 1.165) is 24.3 Å². The van der Waals surface area contributed by atoms with E-state index in [1.165, 1.54) is 0 Å². The summed E-state index contributed by atoms with van der Waals surface area (Å²) >= 11 is 0. The summed E-state index contributed by atoms with van der Waals surface area (Å²) in [5.41, 5.74) is 10.8. The van der Waals surface area contributed by atoms with Gasteiger partial charge in [0.15, 0.2) is 0 Å². The molecule has 0 aromatic rings. The smallest absolute Gasteiger partial charge is 0.320 e. The third-order valence-corrected chi connectivity index (χ3v) is 7.09. The van der Waals surface area contributed by atoms with Gasteiger partial charge >= 0.3 is 11.9 Å². The summed E-state index contributed by atoms with van der Waals surface area (Å²) in [6.07, 6.45) is 6.05. The van der Waals surface area contributed by atoms with Crippen LogP contribution in [0.4, 0.5) is 0 Å². The number of unbranched alkanes of at least 4 members (excludes halogenated alkanes) is 2. The molecular weight excluding hydrogens is 456 g/mol. The Labute approximate surface area is 197 Å². The lowest BCUT2D eigenvalue weighted by Crippen LogP contribution is -2.30. The van der Waals surface area contributed by atoms with Crippen LogP contribution in [0.1, 0.15) is 64.2 Å². The maximum atomic E-state index is 11.7. The van der Waals surface area contributed by atoms with Crippen molar-refractivity contribution in [1.82, 2.24) is 10.6 Å². The maximum absolute atomic E-state index is 11.7. The fourth-order valence-corrected chi connectivity index (χ4v) is 4.73. The molecule has 0 saturated heterocycles. The third-order valence-electron chi connectivity index (χ3n) is 4.51. The molecule has 186 valence electrons. The molecule has 0 aromatic carbocycles. The Bertz CT molecular complexity index is 520. The summed E-state index contributed by atoms with van der Waals surface area (Å²) in [6, 6.07) is -1.67. The summed E-state index contributed by atoms with van der Waals surface area (Å²) in [6.45, 7) is 1.07. The Hall–Kier alpha value is -1.50. The number of carboxylic acids is 2. The Morgan fingerprint density at radius 1 is 0.656 bits per heavy atom. The molecule has 8 N–H and O–H groups in total. The monoisotopic (exact) mass is 494 g/mol. The molecule has 10 nitrogen and oxygen atoms in total. The van der Waals surface area contributed by atoms with Gasteiger partial charge in [-0.3, -0.25) is 19.2 Å². The van der Waals surface area contributed by atoms with Gasteiger partial charge in [0.05, 0.1) is 0 Å². The molecule has 2 atom stereocenters. The summed E-state index contributed by atoms with van der Waals surface area (Å²) in [5.74, 6) is -0.285. The van der Waals surface area contributed by atoms with E-state index < -0.39 is 24.0 Å². The van der Waals surface area contributed by atoms with Crippen LogP contribution in [0, 0.1) is 0 Å². The zero-order valence-electron chi connectivity index (χ0n) is 18.6. The number of nitrogens with one attached hydrogen (secondary N) is 2. The molecule has 0 aliphatic heterocycles. The van der Waals surface area contributed by atoms with Crippen molar-refractivity contribution in [2.24, 2.45) is 11.5 Å². The molecule has 2 amide bonds. The number of amides is 2. The Morgan fingerprint density at radius 2 is 1.03 bits per heavy atom. The number of rotatable bonds is 21. The molecule has 0 aliphatic carbocycles. The van der Waals surface area contributed by atoms with E-state index >= 15 is 0 Å². The fourth-order valence-electron chi connectivity index (χ4n) is 2.56. The highest BCUT2D eigenvalue weighted by Gasteiger charge is 2.11. The van der Waals surface area contributed by atoms with Crippen LogP contribution in [0.3, 0.4) is 0 Å². The lowest BCUT2D eigenvalue weighted by molar-refractivity contribution is -0.139. The number of hydrogen-bond donors (Lipinski definition) is 6. The van der Waals surface area contributed by atoms with E-state index in [1.54, 1.807) is 21.6 Å². The van der Waals surface area contributed by atoms with E-state index in [0.29, 0.717) is 64.5 Å². The average molecular weight is 495 g/mol. The molecule has 0 rings (SSSR count). The fraction of sp³-hybridized carbons (Fsp3) is 0.800. The molecule has 0 spiro atoms. The van der Waals surface area contributed by atoms with Gasteiger partial charge < -0.3 is 32.3 Å². The van der Waals surface area contributed by atoms with Crippen molar-refractivity contribution in [3.63, 3.8) is 0 Å². The van der Waals surface area contributed by atoms with Crippen LogP contribution in [0.5, 0.6) is 0 Å². The van der Waals surface area contributed by atoms with Crippen LogP contribution in [0.2, 0.25) is 0 Å². The van der Waals surface area contributed by atoms with E-state index in [4.69, 9.17) is 21.7 Å². The van der Waals surface area contributed by atoms with Crippen molar-refractivity contribution in [2.45, 2.75) is 76.3 Å². The molecule has 0 bridgehead atoms. The number of aliphatic carboxylic acids is 2. The predicted molar refractivity (Wildman–Crippen MR) is 128 cm³/mol. The maximum Gasteiger partial charge on any atom is 0.320 e. The Kier molecular flexibility index (Phi) is 19.2. The second-order valence-electron chi connectivity index (χ2n) is 7.43. The van der Waals surface area contributed by atoms with Crippen LogP contribution in [0.25, 0.3) is 0 Å². The minimum absolute atomic E-state index is 0.000234. The molecule has 0 unspecified atom stereocenters. The van der Waals surface area contributed by atoms with Gasteiger partial charge in [-0.25, -0.2) is 0 Å². The Balaban J connectivity index is 3.40. The second kappa shape index (κ2) is 20.1. The molecular formula is C20H38N4O6S2. The first-order chi connectivity index (χ1) is 15.2. The molecule has 0 radical (unpaired) electrons. The highest BCUT2D eigenvalue weighted by Crippen LogP contribution is 2.23. The van der Waals surface area contributed by atoms with Gasteiger partial charge in [0.1, 0.15) is 12.1 Å². The van der Waals surface area contributed by atoms with Crippen LogP contribution in [0.15, 0.2) is 0 Å². The number of carbonyl (C=O) groups excluding carboxylic acids is 2. The highest BCUT2D eigenvalue weighted by molar-refractivity contribution is 8.76. The zero-order valence-corrected chi connectivity index (χ0v) is 20.2. The average Bonchev–Trinajstić information content (AvgIpc) is 2.74. The van der Waals surface area contributed by atoms with Gasteiger partial charge in [0.2, 0.25) is 11.8 Å². The summed E-state index contributed by atoms with van der Waals surface area (Å²) in [4.78, 5) is 44.6. The van der Waals surface area contributed by atoms with E-state index in [9.17, 15) is 19.2 Å². The number of hydrogen-bond acceptors (Lipinski definition) is 8. The minimum Gasteiger partial charge on any atom is -0.480 e. The zero-order chi connectivity index (χ0) is 24.2. The molecule has 32 heavy (non-hydrogen) atoms. The molecule has 0 fully saturated rings. The topological polar surface area (TPSA) is 185 Å². The number of carboxylic acid groups (broad SMARTS) is 2. The number of carbonyl (C=O) groups is 4. The first-order valence-corrected chi connectivity index (χ1v) is 13.5. The number of nitrogens with two attached hydrogens (primary N) is 2.